The number of amides is 1. The highest BCUT2D eigenvalue weighted by Crippen LogP contribution is 2.35. The minimum Gasteiger partial charge on any atom is -0.493 e. The van der Waals surface area contributed by atoms with Crippen molar-refractivity contribution in [3.05, 3.63) is 44.6 Å². The number of carbonyl (C=O) groups is 1. The van der Waals surface area contributed by atoms with Crippen molar-refractivity contribution in [3.63, 3.8) is 0 Å². The highest BCUT2D eigenvalue weighted by molar-refractivity contribution is 9.10. The van der Waals surface area contributed by atoms with Crippen LogP contribution in [0.25, 0.3) is 0 Å². The van der Waals surface area contributed by atoms with E-state index in [1.807, 2.05) is 17.5 Å². The lowest BCUT2D eigenvalue weighted by Gasteiger charge is -2.10. The summed E-state index contributed by atoms with van der Waals surface area (Å²) >= 11 is 4.76. The number of rotatable bonds is 5. The fraction of sp³-hybridized carbons (Fsp3) is 0.143. The molecule has 21 heavy (non-hydrogen) atoms. The first-order valence-corrected chi connectivity index (χ1v) is 7.61. The molecule has 2 aromatic rings. The summed E-state index contributed by atoms with van der Waals surface area (Å²) in [6.07, 6.45) is 1.54. The van der Waals surface area contributed by atoms with E-state index in [-0.39, 0.29) is 5.91 Å². The quantitative estimate of drug-likeness (QED) is 0.650. The number of nitrogens with zero attached hydrogens (tertiary/aromatic N) is 1. The first kappa shape index (κ1) is 15.5. The van der Waals surface area contributed by atoms with Crippen molar-refractivity contribution >= 4 is 39.4 Å². The zero-order chi connectivity index (χ0) is 15.2. The monoisotopic (exact) mass is 368 g/mol. The Morgan fingerprint density at radius 3 is 2.81 bits per heavy atom. The van der Waals surface area contributed by atoms with Crippen molar-refractivity contribution in [2.24, 2.45) is 5.10 Å². The summed E-state index contributed by atoms with van der Waals surface area (Å²) < 4.78 is 11.2. The smallest absolute Gasteiger partial charge is 0.281 e. The SMILES string of the molecule is COc1cc(/C=N\NC(=O)c2cccs2)cc(Br)c1OC. The van der Waals surface area contributed by atoms with Crippen LogP contribution >= 0.6 is 27.3 Å². The van der Waals surface area contributed by atoms with Gasteiger partial charge in [-0.15, -0.1) is 11.3 Å². The van der Waals surface area contributed by atoms with E-state index in [0.29, 0.717) is 16.4 Å². The maximum atomic E-state index is 11.7. The Hall–Kier alpha value is -1.86. The Kier molecular flexibility index (Phi) is 5.35. The van der Waals surface area contributed by atoms with Gasteiger partial charge in [0.2, 0.25) is 0 Å². The van der Waals surface area contributed by atoms with Crippen molar-refractivity contribution in [2.45, 2.75) is 0 Å². The minimum atomic E-state index is -0.235. The first-order valence-electron chi connectivity index (χ1n) is 5.94. The molecule has 0 bridgehead atoms. The van der Waals surface area contributed by atoms with Gasteiger partial charge < -0.3 is 9.47 Å². The van der Waals surface area contributed by atoms with Crippen LogP contribution in [0.2, 0.25) is 0 Å². The Morgan fingerprint density at radius 2 is 2.19 bits per heavy atom. The molecule has 0 aliphatic carbocycles. The molecule has 0 spiro atoms. The summed E-state index contributed by atoms with van der Waals surface area (Å²) in [6.45, 7) is 0. The first-order chi connectivity index (χ1) is 10.2. The molecule has 7 heteroatoms. The lowest BCUT2D eigenvalue weighted by molar-refractivity contribution is 0.0959. The van der Waals surface area contributed by atoms with Crippen LogP contribution < -0.4 is 14.9 Å². The number of ether oxygens (including phenoxy) is 2. The van der Waals surface area contributed by atoms with Crippen molar-refractivity contribution < 1.29 is 14.3 Å². The zero-order valence-corrected chi connectivity index (χ0v) is 13.8. The van der Waals surface area contributed by atoms with Crippen LogP contribution in [0.3, 0.4) is 0 Å². The Labute approximate surface area is 134 Å². The van der Waals surface area contributed by atoms with Crippen molar-refractivity contribution in [3.8, 4) is 11.5 Å². The van der Waals surface area contributed by atoms with E-state index < -0.39 is 0 Å². The summed E-state index contributed by atoms with van der Waals surface area (Å²) in [7, 11) is 3.13. The number of methoxy groups -OCH3 is 2. The summed E-state index contributed by atoms with van der Waals surface area (Å²) in [5, 5.41) is 5.77. The molecule has 0 unspecified atom stereocenters. The van der Waals surface area contributed by atoms with Crippen LogP contribution in [0, 0.1) is 0 Å². The normalized spacial score (nSPS) is 10.6. The highest BCUT2D eigenvalue weighted by atomic mass is 79.9. The van der Waals surface area contributed by atoms with E-state index in [9.17, 15) is 4.79 Å². The molecule has 1 amide bonds. The second-order valence-corrected chi connectivity index (χ2v) is 5.72. The Bertz CT molecular complexity index is 656. The largest absolute Gasteiger partial charge is 0.493 e. The molecular weight excluding hydrogens is 356 g/mol. The number of nitrogens with one attached hydrogen (secondary N) is 1. The second-order valence-electron chi connectivity index (χ2n) is 3.91. The summed E-state index contributed by atoms with van der Waals surface area (Å²) in [5.74, 6) is 0.955. The van der Waals surface area contributed by atoms with Crippen molar-refractivity contribution in [1.82, 2.24) is 5.43 Å². The van der Waals surface area contributed by atoms with Crippen LogP contribution in [0.4, 0.5) is 0 Å². The maximum Gasteiger partial charge on any atom is 0.281 e. The topological polar surface area (TPSA) is 59.9 Å². The number of hydrazone groups is 1. The predicted octanol–water partition coefficient (Wildman–Crippen LogP) is 3.29. The third kappa shape index (κ3) is 3.83. The van der Waals surface area contributed by atoms with Gasteiger partial charge in [-0.2, -0.15) is 5.10 Å². The molecule has 1 heterocycles. The number of hydrogen-bond donors (Lipinski definition) is 1. The van der Waals surface area contributed by atoms with Gasteiger partial charge in [-0.3, -0.25) is 4.79 Å². The average molecular weight is 369 g/mol. The summed E-state index contributed by atoms with van der Waals surface area (Å²) in [5.41, 5.74) is 3.24. The van der Waals surface area contributed by atoms with Crippen LogP contribution in [-0.4, -0.2) is 26.3 Å². The molecule has 0 aliphatic heterocycles. The van der Waals surface area contributed by atoms with E-state index in [4.69, 9.17) is 9.47 Å². The molecule has 0 aliphatic rings. The lowest BCUT2D eigenvalue weighted by atomic mass is 10.2. The maximum absolute atomic E-state index is 11.7. The highest BCUT2D eigenvalue weighted by Gasteiger charge is 2.09. The standard InChI is InChI=1S/C14H13BrN2O3S/c1-19-11-7-9(6-10(15)13(11)20-2)8-16-17-14(18)12-4-3-5-21-12/h3-8H,1-2H3,(H,17,18)/b16-8-. The molecule has 1 aromatic heterocycles. The summed E-state index contributed by atoms with van der Waals surface area (Å²) in [6, 6.07) is 7.14. The number of thiophene rings is 1. The van der Waals surface area contributed by atoms with E-state index in [1.54, 1.807) is 26.4 Å². The van der Waals surface area contributed by atoms with Crippen LogP contribution in [0.15, 0.2) is 39.2 Å². The molecule has 0 atom stereocenters. The Morgan fingerprint density at radius 1 is 1.38 bits per heavy atom. The number of hydrogen-bond acceptors (Lipinski definition) is 5. The molecule has 2 rings (SSSR count). The molecule has 0 fully saturated rings. The molecule has 0 saturated carbocycles. The van der Waals surface area contributed by atoms with Gasteiger partial charge in [-0.05, 0) is 45.1 Å². The van der Waals surface area contributed by atoms with E-state index >= 15 is 0 Å². The van der Waals surface area contributed by atoms with E-state index in [1.165, 1.54) is 17.6 Å². The Balaban J connectivity index is 2.11. The van der Waals surface area contributed by atoms with Gasteiger partial charge in [-0.1, -0.05) is 6.07 Å². The molecule has 1 N–H and O–H groups in total. The number of benzene rings is 1. The second kappa shape index (κ2) is 7.24. The molecule has 0 saturated heterocycles. The molecular formula is C14H13BrN2O3S. The van der Waals surface area contributed by atoms with Gasteiger partial charge in [-0.25, -0.2) is 5.43 Å². The third-order valence-corrected chi connectivity index (χ3v) is 4.04. The van der Waals surface area contributed by atoms with E-state index in [2.05, 4.69) is 26.5 Å². The average Bonchev–Trinajstić information content (AvgIpc) is 3.00. The van der Waals surface area contributed by atoms with Gasteiger partial charge in [0.1, 0.15) is 0 Å². The number of carbonyl (C=O) groups excluding carboxylic acids is 1. The van der Waals surface area contributed by atoms with Gasteiger partial charge in [0.05, 0.1) is 29.8 Å². The molecule has 0 radical (unpaired) electrons. The lowest BCUT2D eigenvalue weighted by Crippen LogP contribution is -2.16. The summed E-state index contributed by atoms with van der Waals surface area (Å²) in [4.78, 5) is 12.3. The number of halogens is 1. The van der Waals surface area contributed by atoms with Gasteiger partial charge in [0.15, 0.2) is 11.5 Å². The minimum absolute atomic E-state index is 0.235. The van der Waals surface area contributed by atoms with Gasteiger partial charge in [0.25, 0.3) is 5.91 Å². The van der Waals surface area contributed by atoms with E-state index in [0.717, 1.165) is 10.0 Å². The van der Waals surface area contributed by atoms with Gasteiger partial charge >= 0.3 is 0 Å². The predicted molar refractivity (Wildman–Crippen MR) is 86.6 cm³/mol. The molecule has 110 valence electrons. The van der Waals surface area contributed by atoms with Crippen molar-refractivity contribution in [2.75, 3.05) is 14.2 Å². The van der Waals surface area contributed by atoms with Gasteiger partial charge in [0, 0.05) is 0 Å². The molecule has 5 nitrogen and oxygen atoms in total. The fourth-order valence-electron chi connectivity index (χ4n) is 1.64. The zero-order valence-electron chi connectivity index (χ0n) is 11.4. The van der Waals surface area contributed by atoms with Crippen LogP contribution in [0.1, 0.15) is 15.2 Å². The van der Waals surface area contributed by atoms with Crippen molar-refractivity contribution in [1.29, 1.82) is 0 Å². The fourth-order valence-corrected chi connectivity index (χ4v) is 2.88. The molecule has 1 aromatic carbocycles. The third-order valence-electron chi connectivity index (χ3n) is 2.58. The van der Waals surface area contributed by atoms with Crippen LogP contribution in [-0.2, 0) is 0 Å². The van der Waals surface area contributed by atoms with Crippen LogP contribution in [0.5, 0.6) is 11.5 Å².